The van der Waals surface area contributed by atoms with Gasteiger partial charge in [-0.1, -0.05) is 0 Å². The second-order valence-corrected chi connectivity index (χ2v) is 5.31. The van der Waals surface area contributed by atoms with Gasteiger partial charge in [0.15, 0.2) is 5.96 Å². The fourth-order valence-electron chi connectivity index (χ4n) is 1.75. The molecule has 20 heavy (non-hydrogen) atoms. The molecule has 0 bridgehead atoms. The summed E-state index contributed by atoms with van der Waals surface area (Å²) in [5, 5.41) is 0. The molecule has 1 fully saturated rings. The minimum absolute atomic E-state index is 0. The lowest BCUT2D eigenvalue weighted by atomic mass is 10.4. The van der Waals surface area contributed by atoms with Crippen LogP contribution < -0.4 is 5.73 Å². The number of halogens is 2. The van der Waals surface area contributed by atoms with Crippen molar-refractivity contribution in [3.8, 4) is 0 Å². The molecule has 1 saturated heterocycles. The van der Waals surface area contributed by atoms with Gasteiger partial charge >= 0.3 is 0 Å². The van der Waals surface area contributed by atoms with Crippen molar-refractivity contribution in [2.75, 3.05) is 38.6 Å². The molecule has 1 heterocycles. The van der Waals surface area contributed by atoms with Crippen molar-refractivity contribution >= 4 is 41.7 Å². The zero-order valence-electron chi connectivity index (χ0n) is 11.1. The number of hydrogen-bond donors (Lipinski definition) is 1. The molecule has 1 aliphatic heterocycles. The first-order chi connectivity index (χ1) is 9.25. The Kier molecular flexibility index (Phi) is 8.24. The van der Waals surface area contributed by atoms with E-state index >= 15 is 0 Å². The largest absolute Gasteiger partial charge is 0.378 e. The van der Waals surface area contributed by atoms with Crippen molar-refractivity contribution in [3.05, 3.63) is 30.1 Å². The number of thioether (sulfide) groups is 1. The van der Waals surface area contributed by atoms with Crippen molar-refractivity contribution in [2.24, 2.45) is 10.7 Å². The Bertz CT molecular complexity index is 424. The Morgan fingerprint density at radius 3 is 2.60 bits per heavy atom. The number of benzene rings is 1. The Morgan fingerprint density at radius 1 is 1.30 bits per heavy atom. The molecule has 0 unspecified atom stereocenters. The number of morpholine rings is 1. The summed E-state index contributed by atoms with van der Waals surface area (Å²) in [6.45, 7) is 3.69. The average Bonchev–Trinajstić information content (AvgIpc) is 2.46. The van der Waals surface area contributed by atoms with Crippen LogP contribution in [-0.4, -0.2) is 49.5 Å². The van der Waals surface area contributed by atoms with Crippen molar-refractivity contribution in [1.29, 1.82) is 0 Å². The van der Waals surface area contributed by atoms with E-state index in [1.807, 2.05) is 4.90 Å². The van der Waals surface area contributed by atoms with Crippen LogP contribution in [0.2, 0.25) is 0 Å². The fraction of sp³-hybridized carbons (Fsp3) is 0.462. The van der Waals surface area contributed by atoms with Crippen LogP contribution in [0.15, 0.2) is 34.2 Å². The van der Waals surface area contributed by atoms with Gasteiger partial charge in [0.25, 0.3) is 0 Å². The first-order valence-electron chi connectivity index (χ1n) is 6.27. The van der Waals surface area contributed by atoms with E-state index in [4.69, 9.17) is 10.5 Å². The summed E-state index contributed by atoms with van der Waals surface area (Å²) >= 11 is 1.65. The molecule has 1 aromatic carbocycles. The number of rotatable bonds is 4. The molecule has 1 aromatic rings. The summed E-state index contributed by atoms with van der Waals surface area (Å²) in [5.41, 5.74) is 5.91. The van der Waals surface area contributed by atoms with E-state index in [0.717, 1.165) is 23.7 Å². The average molecular weight is 411 g/mol. The molecule has 4 nitrogen and oxygen atoms in total. The summed E-state index contributed by atoms with van der Waals surface area (Å²) in [5.74, 6) is 1.21. The van der Waals surface area contributed by atoms with Gasteiger partial charge in [-0.05, 0) is 24.3 Å². The Balaban J connectivity index is 0.00000200. The minimum Gasteiger partial charge on any atom is -0.378 e. The number of aliphatic imine (C=N–C) groups is 1. The number of nitrogens with two attached hydrogens (primary N) is 1. The molecule has 0 amide bonds. The molecule has 0 saturated carbocycles. The van der Waals surface area contributed by atoms with Gasteiger partial charge in [0.1, 0.15) is 5.82 Å². The van der Waals surface area contributed by atoms with Crippen molar-refractivity contribution in [2.45, 2.75) is 4.90 Å². The van der Waals surface area contributed by atoms with E-state index < -0.39 is 0 Å². The van der Waals surface area contributed by atoms with E-state index in [-0.39, 0.29) is 29.8 Å². The van der Waals surface area contributed by atoms with Gasteiger partial charge in [-0.25, -0.2) is 4.39 Å². The second-order valence-electron chi connectivity index (χ2n) is 4.14. The second kappa shape index (κ2) is 9.41. The van der Waals surface area contributed by atoms with Crippen molar-refractivity contribution < 1.29 is 9.13 Å². The van der Waals surface area contributed by atoms with Crippen LogP contribution in [0.25, 0.3) is 0 Å². The predicted octanol–water partition coefficient (Wildman–Crippen LogP) is 2.18. The molecule has 2 rings (SSSR count). The fourth-order valence-corrected chi connectivity index (χ4v) is 2.49. The molecule has 0 atom stereocenters. The summed E-state index contributed by atoms with van der Waals surface area (Å²) < 4.78 is 18.0. The number of nitrogens with zero attached hydrogens (tertiary/aromatic N) is 2. The molecule has 7 heteroatoms. The maximum Gasteiger partial charge on any atom is 0.191 e. The zero-order valence-corrected chi connectivity index (χ0v) is 14.3. The topological polar surface area (TPSA) is 50.8 Å². The van der Waals surface area contributed by atoms with Crippen LogP contribution >= 0.6 is 35.7 Å². The molecule has 0 aromatic heterocycles. The van der Waals surface area contributed by atoms with E-state index in [2.05, 4.69) is 4.99 Å². The van der Waals surface area contributed by atoms with Crippen LogP contribution in [0, 0.1) is 5.82 Å². The molecule has 0 radical (unpaired) electrons. The van der Waals surface area contributed by atoms with Gasteiger partial charge in [-0.2, -0.15) is 0 Å². The third-order valence-corrected chi connectivity index (χ3v) is 3.77. The maximum absolute atomic E-state index is 12.7. The summed E-state index contributed by atoms with van der Waals surface area (Å²) in [6.07, 6.45) is 0. The highest BCUT2D eigenvalue weighted by atomic mass is 127. The first kappa shape index (κ1) is 17.5. The number of hydrogen-bond acceptors (Lipinski definition) is 3. The monoisotopic (exact) mass is 411 g/mol. The number of guanidine groups is 1. The van der Waals surface area contributed by atoms with Gasteiger partial charge in [-0.15, -0.1) is 35.7 Å². The zero-order chi connectivity index (χ0) is 13.5. The lowest BCUT2D eigenvalue weighted by Gasteiger charge is -2.27. The van der Waals surface area contributed by atoms with E-state index in [1.165, 1.54) is 12.1 Å². The summed E-state index contributed by atoms with van der Waals surface area (Å²) in [6, 6.07) is 6.48. The van der Waals surface area contributed by atoms with Crippen LogP contribution in [0.5, 0.6) is 0 Å². The van der Waals surface area contributed by atoms with E-state index in [1.54, 1.807) is 23.9 Å². The lowest BCUT2D eigenvalue weighted by molar-refractivity contribution is 0.0674. The summed E-state index contributed by atoms with van der Waals surface area (Å²) in [7, 11) is 0. The van der Waals surface area contributed by atoms with Crippen LogP contribution in [0.4, 0.5) is 4.39 Å². The van der Waals surface area contributed by atoms with E-state index in [0.29, 0.717) is 25.7 Å². The van der Waals surface area contributed by atoms with Gasteiger partial charge in [-0.3, -0.25) is 4.99 Å². The van der Waals surface area contributed by atoms with Crippen LogP contribution in [-0.2, 0) is 4.74 Å². The van der Waals surface area contributed by atoms with Crippen LogP contribution in [0.1, 0.15) is 0 Å². The van der Waals surface area contributed by atoms with Crippen molar-refractivity contribution in [1.82, 2.24) is 4.90 Å². The first-order valence-corrected chi connectivity index (χ1v) is 7.25. The maximum atomic E-state index is 12.7. The van der Waals surface area contributed by atoms with Gasteiger partial charge in [0.05, 0.1) is 19.8 Å². The molecular weight excluding hydrogens is 392 g/mol. The third kappa shape index (κ3) is 5.84. The standard InChI is InChI=1S/C13H18FN3OS.HI/c14-11-1-3-12(4-2-11)19-10-5-16-13(15)17-6-8-18-9-7-17;/h1-4H,5-10H2,(H2,15,16);1H. The quantitative estimate of drug-likeness (QED) is 0.271. The molecule has 0 aliphatic carbocycles. The predicted molar refractivity (Wildman–Crippen MR) is 91.4 cm³/mol. The van der Waals surface area contributed by atoms with Gasteiger partial charge in [0, 0.05) is 23.7 Å². The van der Waals surface area contributed by atoms with Gasteiger partial charge < -0.3 is 15.4 Å². The molecule has 1 aliphatic rings. The Morgan fingerprint density at radius 2 is 1.95 bits per heavy atom. The molecule has 112 valence electrons. The van der Waals surface area contributed by atoms with Gasteiger partial charge in [0.2, 0.25) is 0 Å². The molecule has 2 N–H and O–H groups in total. The van der Waals surface area contributed by atoms with E-state index in [9.17, 15) is 4.39 Å². The van der Waals surface area contributed by atoms with Crippen LogP contribution in [0.3, 0.4) is 0 Å². The lowest BCUT2D eigenvalue weighted by Crippen LogP contribution is -2.44. The third-order valence-electron chi connectivity index (χ3n) is 2.78. The normalized spacial score (nSPS) is 15.8. The highest BCUT2D eigenvalue weighted by Gasteiger charge is 2.11. The van der Waals surface area contributed by atoms with Crippen molar-refractivity contribution in [3.63, 3.8) is 0 Å². The minimum atomic E-state index is -0.209. The summed E-state index contributed by atoms with van der Waals surface area (Å²) in [4.78, 5) is 7.43. The highest BCUT2D eigenvalue weighted by molar-refractivity contribution is 14.0. The smallest absolute Gasteiger partial charge is 0.191 e. The highest BCUT2D eigenvalue weighted by Crippen LogP contribution is 2.17. The number of ether oxygens (including phenoxy) is 1. The Labute approximate surface area is 140 Å². The Hall–Kier alpha value is -0.540. The SMILES string of the molecule is I.NC(=NCCSc1ccc(F)cc1)N1CCOCC1. The molecular formula is C13H19FIN3OS. The molecule has 0 spiro atoms.